The van der Waals surface area contributed by atoms with Gasteiger partial charge in [-0.15, -0.1) is 0 Å². The van der Waals surface area contributed by atoms with Crippen LogP contribution in [0.1, 0.15) is 11.1 Å². The molecule has 0 aliphatic heterocycles. The highest BCUT2D eigenvalue weighted by atomic mass is 79.9. The van der Waals surface area contributed by atoms with Gasteiger partial charge in [-0.2, -0.15) is 0 Å². The molecule has 0 unspecified atom stereocenters. The van der Waals surface area contributed by atoms with Crippen molar-refractivity contribution in [1.82, 2.24) is 0 Å². The molecule has 0 aliphatic carbocycles. The van der Waals surface area contributed by atoms with Crippen LogP contribution in [0.25, 0.3) is 0 Å². The Morgan fingerprint density at radius 1 is 1.00 bits per heavy atom. The van der Waals surface area contributed by atoms with Gasteiger partial charge >= 0.3 is 0 Å². The van der Waals surface area contributed by atoms with Gasteiger partial charge in [-0.25, -0.2) is 0 Å². The summed E-state index contributed by atoms with van der Waals surface area (Å²) in [5, 5.41) is 3.38. The Hall–Kier alpha value is -1.68. The first-order valence-corrected chi connectivity index (χ1v) is 7.14. The molecule has 0 saturated heterocycles. The molecule has 20 heavy (non-hydrogen) atoms. The number of hydrogen-bond acceptors (Lipinski definition) is 3. The van der Waals surface area contributed by atoms with E-state index in [4.69, 9.17) is 9.47 Å². The molecule has 0 atom stereocenters. The SMILES string of the molecule is COc1ccc(Br)cc1CNc1ccc(C)cc1OC. The van der Waals surface area contributed by atoms with Crippen LogP contribution < -0.4 is 14.8 Å². The fourth-order valence-electron chi connectivity index (χ4n) is 2.02. The van der Waals surface area contributed by atoms with E-state index in [2.05, 4.69) is 27.3 Å². The normalized spacial score (nSPS) is 10.2. The van der Waals surface area contributed by atoms with Gasteiger partial charge in [-0.05, 0) is 42.8 Å². The molecular formula is C16H18BrNO2. The number of nitrogens with one attached hydrogen (secondary N) is 1. The minimum atomic E-state index is 0.669. The maximum Gasteiger partial charge on any atom is 0.142 e. The van der Waals surface area contributed by atoms with Gasteiger partial charge in [0.1, 0.15) is 11.5 Å². The third kappa shape index (κ3) is 3.45. The summed E-state index contributed by atoms with van der Waals surface area (Å²) in [6.45, 7) is 2.71. The van der Waals surface area contributed by atoms with E-state index in [0.717, 1.165) is 27.2 Å². The molecule has 2 aromatic rings. The van der Waals surface area contributed by atoms with Crippen molar-refractivity contribution in [2.24, 2.45) is 0 Å². The van der Waals surface area contributed by atoms with Gasteiger partial charge < -0.3 is 14.8 Å². The van der Waals surface area contributed by atoms with Crippen molar-refractivity contribution < 1.29 is 9.47 Å². The molecule has 0 amide bonds. The second-order valence-corrected chi connectivity index (χ2v) is 5.43. The zero-order chi connectivity index (χ0) is 14.5. The van der Waals surface area contributed by atoms with Crippen molar-refractivity contribution in [3.63, 3.8) is 0 Å². The number of aryl methyl sites for hydroxylation is 1. The van der Waals surface area contributed by atoms with Crippen molar-refractivity contribution >= 4 is 21.6 Å². The fraction of sp³-hybridized carbons (Fsp3) is 0.250. The Balaban J connectivity index is 2.18. The summed E-state index contributed by atoms with van der Waals surface area (Å²) in [6, 6.07) is 12.1. The van der Waals surface area contributed by atoms with E-state index < -0.39 is 0 Å². The van der Waals surface area contributed by atoms with Crippen LogP contribution in [-0.2, 0) is 6.54 Å². The number of hydrogen-bond donors (Lipinski definition) is 1. The molecule has 0 spiro atoms. The Labute approximate surface area is 128 Å². The number of halogens is 1. The first-order chi connectivity index (χ1) is 9.63. The monoisotopic (exact) mass is 335 g/mol. The van der Waals surface area contributed by atoms with Crippen molar-refractivity contribution in [2.75, 3.05) is 19.5 Å². The first kappa shape index (κ1) is 14.7. The van der Waals surface area contributed by atoms with Gasteiger partial charge in [0.2, 0.25) is 0 Å². The number of benzene rings is 2. The van der Waals surface area contributed by atoms with E-state index in [1.54, 1.807) is 14.2 Å². The lowest BCUT2D eigenvalue weighted by Gasteiger charge is -2.14. The maximum atomic E-state index is 5.39. The van der Waals surface area contributed by atoms with Crippen molar-refractivity contribution in [3.8, 4) is 11.5 Å². The quantitative estimate of drug-likeness (QED) is 0.879. The van der Waals surface area contributed by atoms with E-state index >= 15 is 0 Å². The minimum absolute atomic E-state index is 0.669. The zero-order valence-corrected chi connectivity index (χ0v) is 13.5. The summed E-state index contributed by atoms with van der Waals surface area (Å²) in [6.07, 6.45) is 0. The fourth-order valence-corrected chi connectivity index (χ4v) is 2.43. The molecule has 0 radical (unpaired) electrons. The van der Waals surface area contributed by atoms with Crippen LogP contribution in [0.2, 0.25) is 0 Å². The molecule has 2 aromatic carbocycles. The van der Waals surface area contributed by atoms with Gasteiger partial charge in [-0.1, -0.05) is 22.0 Å². The van der Waals surface area contributed by atoms with E-state index in [9.17, 15) is 0 Å². The van der Waals surface area contributed by atoms with Crippen molar-refractivity contribution in [1.29, 1.82) is 0 Å². The van der Waals surface area contributed by atoms with Crippen LogP contribution in [-0.4, -0.2) is 14.2 Å². The summed E-state index contributed by atoms with van der Waals surface area (Å²) in [4.78, 5) is 0. The van der Waals surface area contributed by atoms with Crippen LogP contribution in [0.4, 0.5) is 5.69 Å². The maximum absolute atomic E-state index is 5.39. The van der Waals surface area contributed by atoms with Crippen molar-refractivity contribution in [3.05, 3.63) is 52.0 Å². The van der Waals surface area contributed by atoms with E-state index in [1.807, 2.05) is 37.3 Å². The summed E-state index contributed by atoms with van der Waals surface area (Å²) in [5.74, 6) is 1.71. The topological polar surface area (TPSA) is 30.5 Å². The number of methoxy groups -OCH3 is 2. The average molecular weight is 336 g/mol. The Kier molecular flexibility index (Phi) is 4.90. The Morgan fingerprint density at radius 2 is 1.75 bits per heavy atom. The van der Waals surface area contributed by atoms with Crippen LogP contribution in [0.3, 0.4) is 0 Å². The molecule has 3 nitrogen and oxygen atoms in total. The molecular weight excluding hydrogens is 318 g/mol. The molecule has 0 heterocycles. The lowest BCUT2D eigenvalue weighted by molar-refractivity contribution is 0.409. The van der Waals surface area contributed by atoms with Gasteiger partial charge in [0.25, 0.3) is 0 Å². The lowest BCUT2D eigenvalue weighted by Crippen LogP contribution is -2.03. The Bertz CT molecular complexity index is 599. The molecule has 0 saturated carbocycles. The summed E-state index contributed by atoms with van der Waals surface area (Å²) < 4.78 is 11.8. The smallest absolute Gasteiger partial charge is 0.142 e. The van der Waals surface area contributed by atoms with Gasteiger partial charge in [0.05, 0.1) is 19.9 Å². The number of rotatable bonds is 5. The van der Waals surface area contributed by atoms with Crippen LogP contribution in [0.5, 0.6) is 11.5 Å². The second-order valence-electron chi connectivity index (χ2n) is 4.51. The van der Waals surface area contributed by atoms with Crippen LogP contribution in [0, 0.1) is 6.92 Å². The Morgan fingerprint density at radius 3 is 2.45 bits per heavy atom. The molecule has 0 aromatic heterocycles. The highest BCUT2D eigenvalue weighted by Crippen LogP contribution is 2.28. The molecule has 1 N–H and O–H groups in total. The van der Waals surface area contributed by atoms with Gasteiger partial charge in [-0.3, -0.25) is 0 Å². The third-order valence-electron chi connectivity index (χ3n) is 3.07. The van der Waals surface area contributed by atoms with Crippen molar-refractivity contribution in [2.45, 2.75) is 13.5 Å². The predicted molar refractivity (Wildman–Crippen MR) is 85.8 cm³/mol. The molecule has 2 rings (SSSR count). The standard InChI is InChI=1S/C16H18BrNO2/c1-11-4-6-14(16(8-11)20-3)18-10-12-9-13(17)5-7-15(12)19-2/h4-9,18H,10H2,1-3H3. The number of ether oxygens (including phenoxy) is 2. The van der Waals surface area contributed by atoms with Crippen LogP contribution in [0.15, 0.2) is 40.9 Å². The molecule has 0 aliphatic rings. The first-order valence-electron chi connectivity index (χ1n) is 6.35. The highest BCUT2D eigenvalue weighted by Gasteiger charge is 2.06. The summed E-state index contributed by atoms with van der Waals surface area (Å²) >= 11 is 3.48. The lowest BCUT2D eigenvalue weighted by atomic mass is 10.1. The van der Waals surface area contributed by atoms with E-state index in [-0.39, 0.29) is 0 Å². The van der Waals surface area contributed by atoms with Crippen LogP contribution >= 0.6 is 15.9 Å². The van der Waals surface area contributed by atoms with E-state index in [0.29, 0.717) is 6.54 Å². The summed E-state index contributed by atoms with van der Waals surface area (Å²) in [5.41, 5.74) is 3.23. The largest absolute Gasteiger partial charge is 0.496 e. The predicted octanol–water partition coefficient (Wildman–Crippen LogP) is 4.39. The summed E-state index contributed by atoms with van der Waals surface area (Å²) in [7, 11) is 3.36. The van der Waals surface area contributed by atoms with Gasteiger partial charge in [0, 0.05) is 16.6 Å². The second kappa shape index (κ2) is 6.66. The molecule has 0 bridgehead atoms. The molecule has 0 fully saturated rings. The highest BCUT2D eigenvalue weighted by molar-refractivity contribution is 9.10. The molecule has 106 valence electrons. The zero-order valence-electron chi connectivity index (χ0n) is 11.9. The number of anilines is 1. The average Bonchev–Trinajstić information content (AvgIpc) is 2.46. The van der Waals surface area contributed by atoms with Gasteiger partial charge in [0.15, 0.2) is 0 Å². The van der Waals surface area contributed by atoms with E-state index in [1.165, 1.54) is 5.56 Å². The third-order valence-corrected chi connectivity index (χ3v) is 3.56. The molecule has 4 heteroatoms. The minimum Gasteiger partial charge on any atom is -0.496 e.